The number of anilines is 1. The van der Waals surface area contributed by atoms with Crippen LogP contribution in [-0.2, 0) is 22.3 Å². The molecule has 2 unspecified atom stereocenters. The molecule has 1 fully saturated rings. The van der Waals surface area contributed by atoms with Gasteiger partial charge in [-0.1, -0.05) is 56.3 Å². The van der Waals surface area contributed by atoms with E-state index in [2.05, 4.69) is 11.4 Å². The van der Waals surface area contributed by atoms with Crippen molar-refractivity contribution in [1.29, 1.82) is 5.26 Å². The van der Waals surface area contributed by atoms with Crippen LogP contribution in [0.15, 0.2) is 54.6 Å². The number of nitrogens with zero attached hydrogens (tertiary/aromatic N) is 2. The van der Waals surface area contributed by atoms with Gasteiger partial charge in [-0.25, -0.2) is 8.42 Å². The fourth-order valence-electron chi connectivity index (χ4n) is 3.94. The summed E-state index contributed by atoms with van der Waals surface area (Å²) in [5.41, 5.74) is 2.79. The highest BCUT2D eigenvalue weighted by molar-refractivity contribution is 7.88. The lowest BCUT2D eigenvalue weighted by molar-refractivity contribution is 0.361. The molecule has 1 aliphatic carbocycles. The maximum atomic E-state index is 13.1. The van der Waals surface area contributed by atoms with Crippen LogP contribution in [0, 0.1) is 23.2 Å². The number of sulfonamides is 1. The average Bonchev–Trinajstić information content (AvgIpc) is 3.16. The molecule has 5 nitrogen and oxygen atoms in total. The van der Waals surface area contributed by atoms with Gasteiger partial charge in [-0.2, -0.15) is 9.57 Å². The first-order valence-corrected chi connectivity index (χ1v) is 12.2. The molecular formula is C24H31N3O2S. The summed E-state index contributed by atoms with van der Waals surface area (Å²) < 4.78 is 27.8. The molecule has 30 heavy (non-hydrogen) atoms. The molecule has 0 aliphatic heterocycles. The van der Waals surface area contributed by atoms with Crippen LogP contribution in [0.25, 0.3) is 0 Å². The van der Waals surface area contributed by atoms with Crippen molar-refractivity contribution >= 4 is 15.7 Å². The summed E-state index contributed by atoms with van der Waals surface area (Å²) in [6.45, 7) is 4.93. The second-order valence-electron chi connectivity index (χ2n) is 8.61. The molecule has 0 radical (unpaired) electrons. The third-order valence-corrected chi connectivity index (χ3v) is 7.22. The summed E-state index contributed by atoms with van der Waals surface area (Å²) in [4.78, 5) is 0. The van der Waals surface area contributed by atoms with Gasteiger partial charge in [0.15, 0.2) is 0 Å². The van der Waals surface area contributed by atoms with E-state index < -0.39 is 10.0 Å². The van der Waals surface area contributed by atoms with E-state index in [1.807, 2.05) is 68.4 Å². The van der Waals surface area contributed by atoms with E-state index in [0.29, 0.717) is 19.1 Å². The van der Waals surface area contributed by atoms with Crippen LogP contribution < -0.4 is 5.32 Å². The summed E-state index contributed by atoms with van der Waals surface area (Å²) >= 11 is 0. The molecule has 0 bridgehead atoms. The van der Waals surface area contributed by atoms with Crippen LogP contribution in [0.2, 0.25) is 0 Å². The van der Waals surface area contributed by atoms with Crippen LogP contribution >= 0.6 is 0 Å². The normalized spacial score (nSPS) is 19.2. The summed E-state index contributed by atoms with van der Waals surface area (Å²) in [6.07, 6.45) is 2.85. The first-order chi connectivity index (χ1) is 14.4. The molecule has 160 valence electrons. The Labute approximate surface area is 180 Å². The highest BCUT2D eigenvalue weighted by Gasteiger charge is 2.25. The van der Waals surface area contributed by atoms with Crippen LogP contribution in [0.3, 0.4) is 0 Å². The number of nitrogens with one attached hydrogen (secondary N) is 1. The molecule has 1 N–H and O–H groups in total. The van der Waals surface area contributed by atoms with Gasteiger partial charge in [0.25, 0.3) is 0 Å². The predicted molar refractivity (Wildman–Crippen MR) is 121 cm³/mol. The van der Waals surface area contributed by atoms with Crippen molar-refractivity contribution in [1.82, 2.24) is 4.31 Å². The molecule has 1 aliphatic rings. The van der Waals surface area contributed by atoms with Crippen molar-refractivity contribution in [3.8, 4) is 6.07 Å². The topological polar surface area (TPSA) is 73.2 Å². The molecule has 0 spiro atoms. The van der Waals surface area contributed by atoms with Crippen molar-refractivity contribution in [3.63, 3.8) is 0 Å². The zero-order chi connectivity index (χ0) is 21.6. The third-order valence-electron chi connectivity index (χ3n) is 5.45. The van der Waals surface area contributed by atoms with E-state index in [0.717, 1.165) is 36.1 Å². The van der Waals surface area contributed by atoms with Gasteiger partial charge in [0.05, 0.1) is 11.8 Å². The second kappa shape index (κ2) is 10.1. The molecule has 2 atom stereocenters. The smallest absolute Gasteiger partial charge is 0.218 e. The van der Waals surface area contributed by atoms with Crippen LogP contribution in [0.4, 0.5) is 5.69 Å². The fraction of sp³-hybridized carbons (Fsp3) is 0.458. The van der Waals surface area contributed by atoms with Gasteiger partial charge < -0.3 is 5.32 Å². The Bertz CT molecular complexity index is 950. The fourth-order valence-corrected chi connectivity index (χ4v) is 5.60. The average molecular weight is 426 g/mol. The van der Waals surface area contributed by atoms with Crippen molar-refractivity contribution in [2.24, 2.45) is 11.8 Å². The van der Waals surface area contributed by atoms with E-state index in [1.54, 1.807) is 4.31 Å². The maximum Gasteiger partial charge on any atom is 0.218 e. The van der Waals surface area contributed by atoms with Gasteiger partial charge in [-0.3, -0.25) is 0 Å². The van der Waals surface area contributed by atoms with Crippen LogP contribution in [-0.4, -0.2) is 25.3 Å². The standard InChI is InChI=1S/C24H31N3O2S/c1-19(2)16-27(30(28,29)18-21-6-4-3-5-7-21)17-20-8-11-23(12-9-20)26-24-13-10-22(14-24)15-25/h3-9,11-12,19,22,24,26H,10,13-14,16-18H2,1-2H3. The first-order valence-electron chi connectivity index (χ1n) is 10.6. The van der Waals surface area contributed by atoms with Crippen molar-refractivity contribution in [2.75, 3.05) is 11.9 Å². The van der Waals surface area contributed by atoms with E-state index in [4.69, 9.17) is 5.26 Å². The minimum absolute atomic E-state index is 0.0158. The van der Waals surface area contributed by atoms with Crippen molar-refractivity contribution < 1.29 is 8.42 Å². The minimum atomic E-state index is -3.42. The zero-order valence-corrected chi connectivity index (χ0v) is 18.6. The lowest BCUT2D eigenvalue weighted by atomic mass is 10.1. The summed E-state index contributed by atoms with van der Waals surface area (Å²) in [6, 6.07) is 20.0. The number of hydrogen-bond donors (Lipinski definition) is 1. The quantitative estimate of drug-likeness (QED) is 0.627. The first kappa shape index (κ1) is 22.3. The SMILES string of the molecule is CC(C)CN(Cc1ccc(NC2CCC(C#N)C2)cc1)S(=O)(=O)Cc1ccccc1. The molecule has 0 aromatic heterocycles. The summed E-state index contributed by atoms with van der Waals surface area (Å²) in [5, 5.41) is 12.6. The van der Waals surface area contributed by atoms with Gasteiger partial charge in [0.2, 0.25) is 10.0 Å². The van der Waals surface area contributed by atoms with Crippen molar-refractivity contribution in [3.05, 3.63) is 65.7 Å². The Morgan fingerprint density at radius 2 is 1.77 bits per heavy atom. The lowest BCUT2D eigenvalue weighted by Crippen LogP contribution is -2.34. The molecular weight excluding hydrogens is 394 g/mol. The number of hydrogen-bond acceptors (Lipinski definition) is 4. The van der Waals surface area contributed by atoms with Gasteiger partial charge in [-0.05, 0) is 48.4 Å². The predicted octanol–water partition coefficient (Wildman–Crippen LogP) is 4.78. The van der Waals surface area contributed by atoms with Gasteiger partial charge in [-0.15, -0.1) is 0 Å². The Balaban J connectivity index is 1.66. The lowest BCUT2D eigenvalue weighted by Gasteiger charge is -2.24. The van der Waals surface area contributed by atoms with E-state index in [-0.39, 0.29) is 17.6 Å². The minimum Gasteiger partial charge on any atom is -0.382 e. The largest absolute Gasteiger partial charge is 0.382 e. The summed E-state index contributed by atoms with van der Waals surface area (Å²) in [5.74, 6) is 0.412. The Hall–Kier alpha value is -2.36. The second-order valence-corrected chi connectivity index (χ2v) is 10.6. The number of nitriles is 1. The van der Waals surface area contributed by atoms with Crippen LogP contribution in [0.5, 0.6) is 0 Å². The monoisotopic (exact) mass is 425 g/mol. The van der Waals surface area contributed by atoms with Gasteiger partial charge in [0.1, 0.15) is 0 Å². The Kier molecular flexibility index (Phi) is 7.52. The van der Waals surface area contributed by atoms with E-state index in [9.17, 15) is 8.42 Å². The molecule has 2 aromatic carbocycles. The zero-order valence-electron chi connectivity index (χ0n) is 17.8. The molecule has 0 saturated heterocycles. The highest BCUT2D eigenvalue weighted by Crippen LogP contribution is 2.27. The highest BCUT2D eigenvalue weighted by atomic mass is 32.2. The molecule has 3 rings (SSSR count). The molecule has 6 heteroatoms. The Morgan fingerprint density at radius 3 is 2.37 bits per heavy atom. The van der Waals surface area contributed by atoms with Crippen LogP contribution in [0.1, 0.15) is 44.2 Å². The van der Waals surface area contributed by atoms with Gasteiger partial charge >= 0.3 is 0 Å². The molecule has 2 aromatic rings. The number of benzene rings is 2. The number of rotatable bonds is 9. The summed E-state index contributed by atoms with van der Waals surface area (Å²) in [7, 11) is -3.42. The maximum absolute atomic E-state index is 13.1. The molecule has 0 heterocycles. The molecule has 1 saturated carbocycles. The van der Waals surface area contributed by atoms with Crippen molar-refractivity contribution in [2.45, 2.75) is 51.4 Å². The van der Waals surface area contributed by atoms with E-state index >= 15 is 0 Å². The van der Waals surface area contributed by atoms with E-state index in [1.165, 1.54) is 0 Å². The third kappa shape index (κ3) is 6.32. The van der Waals surface area contributed by atoms with Gasteiger partial charge in [0, 0.05) is 30.7 Å². The Morgan fingerprint density at radius 1 is 1.07 bits per heavy atom. The molecule has 0 amide bonds.